The Kier molecular flexibility index (Phi) is 4.39. The molecule has 1 aromatic rings. The molecule has 0 aromatic carbocycles. The number of methoxy groups -OCH3 is 1. The van der Waals surface area contributed by atoms with Gasteiger partial charge < -0.3 is 15.4 Å². The number of halogens is 1. The van der Waals surface area contributed by atoms with Crippen molar-refractivity contribution >= 4 is 23.2 Å². The van der Waals surface area contributed by atoms with Crippen LogP contribution in [-0.2, 0) is 4.74 Å². The lowest BCUT2D eigenvalue weighted by atomic mass is 10.1. The first-order chi connectivity index (χ1) is 9.11. The van der Waals surface area contributed by atoms with Crippen molar-refractivity contribution in [2.45, 2.75) is 6.42 Å². The lowest BCUT2D eigenvalue weighted by Gasteiger charge is -2.26. The molecule has 102 valence electrons. The molecule has 0 atom stereocenters. The fourth-order valence-corrected chi connectivity index (χ4v) is 2.17. The molecule has 1 amide bonds. The van der Waals surface area contributed by atoms with Gasteiger partial charge in [-0.1, -0.05) is 17.7 Å². The van der Waals surface area contributed by atoms with E-state index in [1.165, 1.54) is 17.8 Å². The fourth-order valence-electron chi connectivity index (χ4n) is 2.01. The predicted octanol–water partition coefficient (Wildman–Crippen LogP) is 1.74. The van der Waals surface area contributed by atoms with Crippen molar-refractivity contribution in [3.05, 3.63) is 34.6 Å². The van der Waals surface area contributed by atoms with Crippen LogP contribution in [0, 0.1) is 0 Å². The molecular weight excluding hydrogens is 266 g/mol. The van der Waals surface area contributed by atoms with Gasteiger partial charge in [-0.25, -0.2) is 4.98 Å². The molecule has 1 aromatic heterocycles. The summed E-state index contributed by atoms with van der Waals surface area (Å²) in [5.74, 6) is -0.116. The Bertz CT molecular complexity index is 517. The first-order valence-electron chi connectivity index (χ1n) is 5.99. The van der Waals surface area contributed by atoms with Crippen LogP contribution in [0.2, 0.25) is 5.15 Å². The molecule has 0 spiro atoms. The van der Waals surface area contributed by atoms with Crippen molar-refractivity contribution in [3.8, 4) is 0 Å². The van der Waals surface area contributed by atoms with Gasteiger partial charge in [0.1, 0.15) is 5.15 Å². The van der Waals surface area contributed by atoms with E-state index in [0.717, 1.165) is 6.42 Å². The second-order valence-electron chi connectivity index (χ2n) is 4.39. The minimum atomic E-state index is -0.116. The average Bonchev–Trinajstić information content (AvgIpc) is 2.42. The van der Waals surface area contributed by atoms with E-state index in [0.29, 0.717) is 30.9 Å². The van der Waals surface area contributed by atoms with E-state index in [2.05, 4.69) is 4.98 Å². The largest absolute Gasteiger partial charge is 0.397 e. The highest BCUT2D eigenvalue weighted by molar-refractivity contribution is 6.29. The van der Waals surface area contributed by atoms with Crippen LogP contribution in [0.15, 0.2) is 23.9 Å². The van der Waals surface area contributed by atoms with Crippen LogP contribution in [0.25, 0.3) is 0 Å². The second-order valence-corrected chi connectivity index (χ2v) is 4.78. The van der Waals surface area contributed by atoms with E-state index in [1.54, 1.807) is 12.0 Å². The minimum absolute atomic E-state index is 0.116. The van der Waals surface area contributed by atoms with Gasteiger partial charge in [-0.05, 0) is 18.1 Å². The highest BCUT2D eigenvalue weighted by Crippen LogP contribution is 2.19. The average molecular weight is 282 g/mol. The Morgan fingerprint density at radius 2 is 2.42 bits per heavy atom. The maximum Gasteiger partial charge on any atom is 0.256 e. The topological polar surface area (TPSA) is 68.5 Å². The maximum atomic E-state index is 12.3. The maximum absolute atomic E-state index is 12.3. The Labute approximate surface area is 117 Å². The molecule has 0 saturated carbocycles. The number of carbonyl (C=O) groups is 1. The predicted molar refractivity (Wildman–Crippen MR) is 74.1 cm³/mol. The number of amides is 1. The first kappa shape index (κ1) is 13.8. The molecule has 2 rings (SSSR count). The van der Waals surface area contributed by atoms with Crippen LogP contribution in [0.3, 0.4) is 0 Å². The Morgan fingerprint density at radius 1 is 1.63 bits per heavy atom. The number of ether oxygens (including phenoxy) is 1. The van der Waals surface area contributed by atoms with E-state index in [4.69, 9.17) is 22.1 Å². The molecule has 0 bridgehead atoms. The second kappa shape index (κ2) is 6.04. The zero-order chi connectivity index (χ0) is 13.8. The number of hydrogen-bond donors (Lipinski definition) is 1. The minimum Gasteiger partial charge on any atom is -0.397 e. The molecule has 0 saturated heterocycles. The molecule has 5 nitrogen and oxygen atoms in total. The standard InChI is InChI=1S/C13H16ClN3O2/c1-19-8-9-2-4-17(5-3-9)13(18)10-6-12(14)16-7-11(10)15/h2,6-7H,3-5,8,15H2,1H3. The highest BCUT2D eigenvalue weighted by Gasteiger charge is 2.20. The zero-order valence-electron chi connectivity index (χ0n) is 10.7. The molecule has 0 fully saturated rings. The number of rotatable bonds is 3. The number of pyridine rings is 1. The number of nitrogen functional groups attached to an aromatic ring is 1. The number of hydrogen-bond acceptors (Lipinski definition) is 4. The lowest BCUT2D eigenvalue weighted by molar-refractivity contribution is 0.0766. The summed E-state index contributed by atoms with van der Waals surface area (Å²) in [6, 6.07) is 1.51. The van der Waals surface area contributed by atoms with Gasteiger partial charge in [0.25, 0.3) is 5.91 Å². The van der Waals surface area contributed by atoms with Gasteiger partial charge >= 0.3 is 0 Å². The highest BCUT2D eigenvalue weighted by atomic mass is 35.5. The van der Waals surface area contributed by atoms with E-state index >= 15 is 0 Å². The van der Waals surface area contributed by atoms with Crippen molar-refractivity contribution < 1.29 is 9.53 Å². The van der Waals surface area contributed by atoms with Gasteiger partial charge in [-0.2, -0.15) is 0 Å². The Balaban J connectivity index is 2.11. The van der Waals surface area contributed by atoms with Crippen molar-refractivity contribution in [1.82, 2.24) is 9.88 Å². The molecule has 6 heteroatoms. The van der Waals surface area contributed by atoms with Crippen molar-refractivity contribution in [2.75, 3.05) is 32.5 Å². The summed E-state index contributed by atoms with van der Waals surface area (Å²) < 4.78 is 5.08. The van der Waals surface area contributed by atoms with Gasteiger partial charge in [-0.3, -0.25) is 4.79 Å². The summed E-state index contributed by atoms with van der Waals surface area (Å²) in [6.07, 6.45) is 4.24. The number of nitrogens with zero attached hydrogens (tertiary/aromatic N) is 2. The van der Waals surface area contributed by atoms with Crippen LogP contribution in [0.1, 0.15) is 16.8 Å². The van der Waals surface area contributed by atoms with Crippen molar-refractivity contribution in [3.63, 3.8) is 0 Å². The van der Waals surface area contributed by atoms with E-state index in [9.17, 15) is 4.79 Å². The van der Waals surface area contributed by atoms with Crippen LogP contribution < -0.4 is 5.73 Å². The summed E-state index contributed by atoms with van der Waals surface area (Å²) in [6.45, 7) is 1.84. The number of aromatic nitrogens is 1. The molecule has 0 aliphatic carbocycles. The van der Waals surface area contributed by atoms with Crippen molar-refractivity contribution in [2.24, 2.45) is 0 Å². The summed E-state index contributed by atoms with van der Waals surface area (Å²) in [7, 11) is 1.66. The summed E-state index contributed by atoms with van der Waals surface area (Å²) in [5.41, 5.74) is 7.74. The number of carbonyl (C=O) groups excluding carboxylic acids is 1. The molecular formula is C13H16ClN3O2. The third-order valence-corrected chi connectivity index (χ3v) is 3.26. The summed E-state index contributed by atoms with van der Waals surface area (Å²) in [5, 5.41) is 0.269. The molecule has 2 heterocycles. The lowest BCUT2D eigenvalue weighted by Crippen LogP contribution is -2.35. The van der Waals surface area contributed by atoms with Crippen molar-refractivity contribution in [1.29, 1.82) is 0 Å². The van der Waals surface area contributed by atoms with E-state index < -0.39 is 0 Å². The Morgan fingerprint density at radius 3 is 3.05 bits per heavy atom. The number of nitrogens with two attached hydrogens (primary N) is 1. The third-order valence-electron chi connectivity index (χ3n) is 3.05. The SMILES string of the molecule is COCC1=CCN(C(=O)c2cc(Cl)ncc2N)CC1. The smallest absolute Gasteiger partial charge is 0.256 e. The monoisotopic (exact) mass is 281 g/mol. The molecule has 19 heavy (non-hydrogen) atoms. The van der Waals surface area contributed by atoms with Gasteiger partial charge in [0, 0.05) is 20.2 Å². The van der Waals surface area contributed by atoms with Crippen LogP contribution >= 0.6 is 11.6 Å². The number of anilines is 1. The quantitative estimate of drug-likeness (QED) is 0.677. The zero-order valence-corrected chi connectivity index (χ0v) is 11.5. The van der Waals surface area contributed by atoms with E-state index in [1.807, 2.05) is 6.08 Å². The third kappa shape index (κ3) is 3.24. The normalized spacial score (nSPS) is 15.3. The van der Waals surface area contributed by atoms with Gasteiger partial charge in [-0.15, -0.1) is 0 Å². The van der Waals surface area contributed by atoms with Crippen LogP contribution in [-0.4, -0.2) is 42.6 Å². The summed E-state index contributed by atoms with van der Waals surface area (Å²) in [4.78, 5) is 17.9. The molecule has 0 radical (unpaired) electrons. The molecule has 0 unspecified atom stereocenters. The Hall–Kier alpha value is -1.59. The molecule has 1 aliphatic heterocycles. The van der Waals surface area contributed by atoms with Crippen LogP contribution in [0.5, 0.6) is 0 Å². The van der Waals surface area contributed by atoms with Gasteiger partial charge in [0.05, 0.1) is 24.1 Å². The molecule has 1 aliphatic rings. The first-order valence-corrected chi connectivity index (χ1v) is 6.36. The fraction of sp³-hybridized carbons (Fsp3) is 0.385. The van der Waals surface area contributed by atoms with Crippen LogP contribution in [0.4, 0.5) is 5.69 Å². The van der Waals surface area contributed by atoms with Gasteiger partial charge in [0.15, 0.2) is 0 Å². The molecule has 2 N–H and O–H groups in total. The van der Waals surface area contributed by atoms with E-state index in [-0.39, 0.29) is 11.1 Å². The summed E-state index contributed by atoms with van der Waals surface area (Å²) >= 11 is 5.80. The van der Waals surface area contributed by atoms with Gasteiger partial charge in [0.2, 0.25) is 0 Å².